The Labute approximate surface area is 142 Å². The number of carbonyl (C=O) groups excluding carboxylic acids is 1. The van der Waals surface area contributed by atoms with Gasteiger partial charge in [0, 0.05) is 12.1 Å². The van der Waals surface area contributed by atoms with E-state index in [1.165, 1.54) is 6.07 Å². The van der Waals surface area contributed by atoms with Crippen molar-refractivity contribution < 1.29 is 9.18 Å². The second kappa shape index (κ2) is 7.47. The molecule has 0 aromatic heterocycles. The van der Waals surface area contributed by atoms with E-state index < -0.39 is 0 Å². The quantitative estimate of drug-likeness (QED) is 0.797. The van der Waals surface area contributed by atoms with Gasteiger partial charge in [-0.2, -0.15) is 0 Å². The Morgan fingerprint density at radius 2 is 1.91 bits per heavy atom. The van der Waals surface area contributed by atoms with E-state index >= 15 is 0 Å². The molecule has 0 atom stereocenters. The average molecular weight is 381 g/mol. The molecule has 2 aromatic rings. The number of thiocarbonyl (C=S) groups is 1. The van der Waals surface area contributed by atoms with Gasteiger partial charge in [0.05, 0.1) is 4.47 Å². The maximum Gasteiger partial charge on any atom is 0.257 e. The number of rotatable bonds is 3. The van der Waals surface area contributed by atoms with Gasteiger partial charge in [0.25, 0.3) is 5.91 Å². The molecule has 0 radical (unpaired) electrons. The first kappa shape index (κ1) is 16.6. The molecule has 0 saturated carbocycles. The number of nitrogens with one attached hydrogen (secondary N) is 2. The Hall–Kier alpha value is -1.79. The van der Waals surface area contributed by atoms with Gasteiger partial charge in [-0.3, -0.25) is 10.1 Å². The fourth-order valence-electron chi connectivity index (χ4n) is 1.76. The molecular weight excluding hydrogens is 367 g/mol. The molecule has 0 unspecified atom stereocenters. The lowest BCUT2D eigenvalue weighted by Crippen LogP contribution is -2.38. The third-order valence-corrected chi connectivity index (χ3v) is 3.83. The number of aryl methyl sites for hydroxylation is 1. The number of hydrogen-bond donors (Lipinski definition) is 2. The van der Waals surface area contributed by atoms with Gasteiger partial charge in [0.1, 0.15) is 5.82 Å². The van der Waals surface area contributed by atoms with Crippen molar-refractivity contribution in [2.75, 3.05) is 0 Å². The summed E-state index contributed by atoms with van der Waals surface area (Å²) in [6.45, 7) is 2.35. The van der Waals surface area contributed by atoms with Gasteiger partial charge in [-0.1, -0.05) is 23.8 Å². The van der Waals surface area contributed by atoms with Crippen LogP contribution in [-0.4, -0.2) is 11.0 Å². The molecular formula is C16H14BrFN2OS. The zero-order valence-corrected chi connectivity index (χ0v) is 14.2. The van der Waals surface area contributed by atoms with Gasteiger partial charge in [-0.05, 0) is 64.9 Å². The molecule has 114 valence electrons. The molecule has 3 nitrogen and oxygen atoms in total. The van der Waals surface area contributed by atoms with Crippen molar-refractivity contribution in [3.8, 4) is 0 Å². The van der Waals surface area contributed by atoms with E-state index in [1.54, 1.807) is 24.3 Å². The predicted molar refractivity (Wildman–Crippen MR) is 92.2 cm³/mol. The second-order valence-electron chi connectivity index (χ2n) is 4.75. The first-order valence-corrected chi connectivity index (χ1v) is 7.75. The summed E-state index contributed by atoms with van der Waals surface area (Å²) < 4.78 is 13.5. The van der Waals surface area contributed by atoms with Crippen LogP contribution in [0.1, 0.15) is 21.5 Å². The summed E-state index contributed by atoms with van der Waals surface area (Å²) in [4.78, 5) is 12.0. The van der Waals surface area contributed by atoms with E-state index in [2.05, 4.69) is 26.6 Å². The van der Waals surface area contributed by atoms with Gasteiger partial charge in [-0.25, -0.2) is 4.39 Å². The molecule has 2 rings (SSSR count). The monoisotopic (exact) mass is 380 g/mol. The molecule has 2 N–H and O–H groups in total. The molecule has 22 heavy (non-hydrogen) atoms. The van der Waals surface area contributed by atoms with E-state index in [0.717, 1.165) is 11.1 Å². The van der Waals surface area contributed by atoms with Crippen LogP contribution in [0.3, 0.4) is 0 Å². The first-order valence-electron chi connectivity index (χ1n) is 6.55. The SMILES string of the molecule is Cc1ccc(C(=O)NC(=S)NCc2ccc(F)c(Br)c2)cc1. The van der Waals surface area contributed by atoms with Gasteiger partial charge >= 0.3 is 0 Å². The van der Waals surface area contributed by atoms with Crippen LogP contribution in [-0.2, 0) is 6.54 Å². The van der Waals surface area contributed by atoms with E-state index in [0.29, 0.717) is 16.6 Å². The van der Waals surface area contributed by atoms with Crippen LogP contribution < -0.4 is 10.6 Å². The third kappa shape index (κ3) is 4.61. The molecule has 0 aliphatic heterocycles. The minimum atomic E-state index is -0.320. The van der Waals surface area contributed by atoms with Crippen LogP contribution in [0.15, 0.2) is 46.9 Å². The highest BCUT2D eigenvalue weighted by molar-refractivity contribution is 9.10. The van der Waals surface area contributed by atoms with E-state index in [-0.39, 0.29) is 16.8 Å². The Balaban J connectivity index is 1.88. The number of halogens is 2. The standard InChI is InChI=1S/C16H14BrFN2OS/c1-10-2-5-12(6-3-10)15(21)20-16(22)19-9-11-4-7-14(18)13(17)8-11/h2-8H,9H2,1H3,(H2,19,20,21,22). The number of hydrogen-bond acceptors (Lipinski definition) is 2. The van der Waals surface area contributed by atoms with Crippen molar-refractivity contribution in [1.29, 1.82) is 0 Å². The fraction of sp³-hybridized carbons (Fsp3) is 0.125. The van der Waals surface area contributed by atoms with Gasteiger partial charge < -0.3 is 5.32 Å². The lowest BCUT2D eigenvalue weighted by atomic mass is 10.1. The number of benzene rings is 2. The normalized spacial score (nSPS) is 10.1. The van der Waals surface area contributed by atoms with Crippen molar-refractivity contribution in [2.45, 2.75) is 13.5 Å². The molecule has 6 heteroatoms. The lowest BCUT2D eigenvalue weighted by Gasteiger charge is -2.10. The zero-order valence-electron chi connectivity index (χ0n) is 11.8. The average Bonchev–Trinajstić information content (AvgIpc) is 2.49. The maximum atomic E-state index is 13.1. The highest BCUT2D eigenvalue weighted by Crippen LogP contribution is 2.16. The van der Waals surface area contributed by atoms with Gasteiger partial charge in [0.15, 0.2) is 5.11 Å². The molecule has 0 bridgehead atoms. The zero-order chi connectivity index (χ0) is 16.1. The lowest BCUT2D eigenvalue weighted by molar-refractivity contribution is 0.0976. The van der Waals surface area contributed by atoms with Crippen LogP contribution in [0.2, 0.25) is 0 Å². The Kier molecular flexibility index (Phi) is 5.63. The van der Waals surface area contributed by atoms with Crippen molar-refractivity contribution in [2.24, 2.45) is 0 Å². The first-order chi connectivity index (χ1) is 10.5. The molecule has 0 spiro atoms. The van der Waals surface area contributed by atoms with Crippen molar-refractivity contribution in [1.82, 2.24) is 10.6 Å². The molecule has 0 saturated heterocycles. The number of carbonyl (C=O) groups is 1. The second-order valence-corrected chi connectivity index (χ2v) is 6.01. The highest BCUT2D eigenvalue weighted by Gasteiger charge is 2.07. The Bertz CT molecular complexity index is 704. The molecule has 0 aliphatic rings. The van der Waals surface area contributed by atoms with Crippen LogP contribution in [0.4, 0.5) is 4.39 Å². The summed E-state index contributed by atoms with van der Waals surface area (Å²) in [7, 11) is 0. The topological polar surface area (TPSA) is 41.1 Å². The van der Waals surface area contributed by atoms with E-state index in [9.17, 15) is 9.18 Å². The summed E-state index contributed by atoms with van der Waals surface area (Å²) in [5, 5.41) is 5.75. The minimum Gasteiger partial charge on any atom is -0.358 e. The molecule has 2 aromatic carbocycles. The van der Waals surface area contributed by atoms with Gasteiger partial charge in [-0.15, -0.1) is 0 Å². The smallest absolute Gasteiger partial charge is 0.257 e. The van der Waals surface area contributed by atoms with Crippen LogP contribution >= 0.6 is 28.1 Å². The Morgan fingerprint density at radius 3 is 2.55 bits per heavy atom. The number of amides is 1. The van der Waals surface area contributed by atoms with E-state index in [4.69, 9.17) is 12.2 Å². The van der Waals surface area contributed by atoms with Crippen molar-refractivity contribution >= 4 is 39.2 Å². The predicted octanol–water partition coefficient (Wildman–Crippen LogP) is 3.70. The third-order valence-electron chi connectivity index (χ3n) is 2.98. The van der Waals surface area contributed by atoms with Crippen LogP contribution in [0.25, 0.3) is 0 Å². The highest BCUT2D eigenvalue weighted by atomic mass is 79.9. The maximum absolute atomic E-state index is 13.1. The van der Waals surface area contributed by atoms with Crippen LogP contribution in [0, 0.1) is 12.7 Å². The summed E-state index contributed by atoms with van der Waals surface area (Å²) >= 11 is 8.21. The van der Waals surface area contributed by atoms with Crippen molar-refractivity contribution in [3.63, 3.8) is 0 Å². The summed E-state index contributed by atoms with van der Waals surface area (Å²) in [6.07, 6.45) is 0. The summed E-state index contributed by atoms with van der Waals surface area (Å²) in [5.74, 6) is -0.586. The summed E-state index contributed by atoms with van der Waals surface area (Å²) in [6, 6.07) is 11.9. The Morgan fingerprint density at radius 1 is 1.23 bits per heavy atom. The van der Waals surface area contributed by atoms with Gasteiger partial charge in [0.2, 0.25) is 0 Å². The minimum absolute atomic E-state index is 0.228. The molecule has 0 fully saturated rings. The molecule has 1 amide bonds. The largest absolute Gasteiger partial charge is 0.358 e. The molecule has 0 heterocycles. The van der Waals surface area contributed by atoms with Crippen molar-refractivity contribution in [3.05, 3.63) is 69.4 Å². The van der Waals surface area contributed by atoms with Crippen LogP contribution in [0.5, 0.6) is 0 Å². The molecule has 0 aliphatic carbocycles. The summed E-state index contributed by atoms with van der Waals surface area (Å²) in [5.41, 5.74) is 2.47. The fourth-order valence-corrected chi connectivity index (χ4v) is 2.35. The van der Waals surface area contributed by atoms with E-state index in [1.807, 2.05) is 19.1 Å².